The number of amides is 3. The highest BCUT2D eigenvalue weighted by molar-refractivity contribution is 6.31. The van der Waals surface area contributed by atoms with Crippen molar-refractivity contribution in [3.05, 3.63) is 59.1 Å². The van der Waals surface area contributed by atoms with Gasteiger partial charge < -0.3 is 16.0 Å². The van der Waals surface area contributed by atoms with Crippen LogP contribution in [0.1, 0.15) is 19.4 Å². The predicted octanol–water partition coefficient (Wildman–Crippen LogP) is 4.43. The highest BCUT2D eigenvalue weighted by Crippen LogP contribution is 2.23. The Balaban J connectivity index is 2.05. The predicted molar refractivity (Wildman–Crippen MR) is 102 cm³/mol. The number of anilines is 2. The van der Waals surface area contributed by atoms with Gasteiger partial charge in [0.1, 0.15) is 6.04 Å². The summed E-state index contributed by atoms with van der Waals surface area (Å²) in [5.41, 5.74) is 2.08. The summed E-state index contributed by atoms with van der Waals surface area (Å²) in [6.45, 7) is 5.58. The molecule has 3 N–H and O–H groups in total. The van der Waals surface area contributed by atoms with Crippen LogP contribution < -0.4 is 16.0 Å². The van der Waals surface area contributed by atoms with E-state index in [9.17, 15) is 9.59 Å². The molecule has 0 saturated carbocycles. The van der Waals surface area contributed by atoms with Gasteiger partial charge in [0.15, 0.2) is 0 Å². The number of halogens is 1. The Hall–Kier alpha value is -2.53. The lowest BCUT2D eigenvalue weighted by molar-refractivity contribution is -0.118. The van der Waals surface area contributed by atoms with Crippen LogP contribution in [-0.2, 0) is 4.79 Å². The Morgan fingerprint density at radius 2 is 1.64 bits per heavy atom. The molecule has 3 amide bonds. The van der Waals surface area contributed by atoms with E-state index in [4.69, 9.17) is 11.6 Å². The summed E-state index contributed by atoms with van der Waals surface area (Å²) in [7, 11) is 0. The molecule has 0 fully saturated rings. The first-order valence-corrected chi connectivity index (χ1v) is 8.45. The lowest BCUT2D eigenvalue weighted by atomic mass is 10.0. The zero-order valence-corrected chi connectivity index (χ0v) is 15.2. The summed E-state index contributed by atoms with van der Waals surface area (Å²) < 4.78 is 0. The van der Waals surface area contributed by atoms with Crippen LogP contribution in [0.2, 0.25) is 5.02 Å². The quantitative estimate of drug-likeness (QED) is 0.738. The Labute approximate surface area is 152 Å². The molecule has 0 aliphatic carbocycles. The van der Waals surface area contributed by atoms with Crippen LogP contribution in [0.25, 0.3) is 0 Å². The summed E-state index contributed by atoms with van der Waals surface area (Å²) >= 11 is 6.08. The van der Waals surface area contributed by atoms with Gasteiger partial charge in [-0.25, -0.2) is 4.79 Å². The molecule has 25 heavy (non-hydrogen) atoms. The first kappa shape index (κ1) is 18.8. The van der Waals surface area contributed by atoms with Crippen molar-refractivity contribution in [3.8, 4) is 0 Å². The van der Waals surface area contributed by atoms with Gasteiger partial charge in [-0.15, -0.1) is 0 Å². The summed E-state index contributed by atoms with van der Waals surface area (Å²) in [5, 5.41) is 8.85. The number of carbonyl (C=O) groups is 2. The molecule has 1 atom stereocenters. The van der Waals surface area contributed by atoms with Gasteiger partial charge >= 0.3 is 6.03 Å². The number of nitrogens with one attached hydrogen (secondary N) is 3. The van der Waals surface area contributed by atoms with Gasteiger partial charge in [-0.1, -0.05) is 49.7 Å². The summed E-state index contributed by atoms with van der Waals surface area (Å²) in [5.74, 6) is -0.371. The molecular formula is C19H22ClN3O2. The van der Waals surface area contributed by atoms with Gasteiger partial charge in [0.2, 0.25) is 5.91 Å². The van der Waals surface area contributed by atoms with Gasteiger partial charge in [0.05, 0.1) is 0 Å². The van der Waals surface area contributed by atoms with Crippen molar-refractivity contribution in [3.63, 3.8) is 0 Å². The lowest BCUT2D eigenvalue weighted by Gasteiger charge is -2.22. The first-order chi connectivity index (χ1) is 11.9. The van der Waals surface area contributed by atoms with E-state index < -0.39 is 12.1 Å². The first-order valence-electron chi connectivity index (χ1n) is 8.07. The molecular weight excluding hydrogens is 338 g/mol. The van der Waals surface area contributed by atoms with Crippen molar-refractivity contribution in [1.29, 1.82) is 0 Å². The van der Waals surface area contributed by atoms with E-state index in [1.54, 1.807) is 30.3 Å². The normalized spacial score (nSPS) is 11.7. The van der Waals surface area contributed by atoms with E-state index in [0.29, 0.717) is 16.4 Å². The standard InChI is InChI=1S/C19H22ClN3O2/c1-12(2)17(23-19(25)21-14-8-5-4-6-9-14)18(24)22-16-11-7-10-15(20)13(16)3/h4-12,17H,1-3H3,(H,22,24)(H2,21,23,25). The minimum Gasteiger partial charge on any atom is -0.326 e. The topological polar surface area (TPSA) is 70.2 Å². The van der Waals surface area contributed by atoms with Gasteiger partial charge in [-0.05, 0) is 42.7 Å². The van der Waals surface area contributed by atoms with E-state index in [-0.39, 0.29) is 11.8 Å². The SMILES string of the molecule is Cc1c(Cl)cccc1NC(=O)C(NC(=O)Nc1ccccc1)C(C)C. The molecule has 2 aromatic rings. The molecule has 0 radical (unpaired) electrons. The number of rotatable bonds is 5. The zero-order chi connectivity index (χ0) is 18.4. The van der Waals surface area contributed by atoms with Crippen LogP contribution in [0.5, 0.6) is 0 Å². The molecule has 5 nitrogen and oxygen atoms in total. The monoisotopic (exact) mass is 359 g/mol. The van der Waals surface area contributed by atoms with Crippen LogP contribution >= 0.6 is 11.6 Å². The maximum atomic E-state index is 12.6. The van der Waals surface area contributed by atoms with Gasteiger partial charge in [-0.2, -0.15) is 0 Å². The molecule has 0 aliphatic heterocycles. The van der Waals surface area contributed by atoms with E-state index in [0.717, 1.165) is 5.56 Å². The second-order valence-corrected chi connectivity index (χ2v) is 6.50. The van der Waals surface area contributed by atoms with Crippen LogP contribution in [0.3, 0.4) is 0 Å². The molecule has 6 heteroatoms. The average Bonchev–Trinajstić information content (AvgIpc) is 2.57. The number of benzene rings is 2. The number of hydrogen-bond acceptors (Lipinski definition) is 2. The second kappa shape index (κ2) is 8.53. The third kappa shape index (κ3) is 5.22. The van der Waals surface area contributed by atoms with E-state index >= 15 is 0 Å². The Morgan fingerprint density at radius 3 is 2.28 bits per heavy atom. The summed E-state index contributed by atoms with van der Waals surface area (Å²) in [6, 6.07) is 13.3. The number of urea groups is 1. The number of para-hydroxylation sites is 1. The van der Waals surface area contributed by atoms with Gasteiger partial charge in [0, 0.05) is 16.4 Å². The largest absolute Gasteiger partial charge is 0.326 e. The van der Waals surface area contributed by atoms with Crippen LogP contribution in [-0.4, -0.2) is 18.0 Å². The van der Waals surface area contributed by atoms with Crippen molar-refractivity contribution in [2.75, 3.05) is 10.6 Å². The minimum atomic E-state index is -0.679. The Bertz CT molecular complexity index is 748. The Morgan fingerprint density at radius 1 is 0.960 bits per heavy atom. The zero-order valence-electron chi connectivity index (χ0n) is 14.5. The van der Waals surface area contributed by atoms with Gasteiger partial charge in [0.25, 0.3) is 0 Å². The number of hydrogen-bond donors (Lipinski definition) is 3. The molecule has 2 aromatic carbocycles. The van der Waals surface area contributed by atoms with Crippen molar-refractivity contribution < 1.29 is 9.59 Å². The molecule has 0 bridgehead atoms. The van der Waals surface area contributed by atoms with E-state index in [1.165, 1.54) is 0 Å². The minimum absolute atomic E-state index is 0.0824. The van der Waals surface area contributed by atoms with Crippen molar-refractivity contribution in [1.82, 2.24) is 5.32 Å². The molecule has 0 aromatic heterocycles. The van der Waals surface area contributed by atoms with Crippen molar-refractivity contribution in [2.45, 2.75) is 26.8 Å². The highest BCUT2D eigenvalue weighted by atomic mass is 35.5. The molecule has 1 unspecified atom stereocenters. The average molecular weight is 360 g/mol. The summed E-state index contributed by atoms with van der Waals surface area (Å²) in [6.07, 6.45) is 0. The summed E-state index contributed by atoms with van der Waals surface area (Å²) in [4.78, 5) is 24.8. The highest BCUT2D eigenvalue weighted by Gasteiger charge is 2.24. The second-order valence-electron chi connectivity index (χ2n) is 6.09. The van der Waals surface area contributed by atoms with E-state index in [2.05, 4.69) is 16.0 Å². The van der Waals surface area contributed by atoms with Crippen LogP contribution in [0.15, 0.2) is 48.5 Å². The maximum Gasteiger partial charge on any atom is 0.319 e. The molecule has 0 saturated heterocycles. The Kier molecular flexibility index (Phi) is 6.42. The van der Waals surface area contributed by atoms with Crippen LogP contribution in [0, 0.1) is 12.8 Å². The molecule has 2 rings (SSSR count). The third-order valence-corrected chi connectivity index (χ3v) is 4.20. The van der Waals surface area contributed by atoms with E-state index in [1.807, 2.05) is 39.0 Å². The smallest absolute Gasteiger partial charge is 0.319 e. The fraction of sp³-hybridized carbons (Fsp3) is 0.263. The third-order valence-electron chi connectivity index (χ3n) is 3.79. The van der Waals surface area contributed by atoms with Crippen molar-refractivity contribution in [2.24, 2.45) is 5.92 Å². The van der Waals surface area contributed by atoms with Crippen LogP contribution in [0.4, 0.5) is 16.2 Å². The fourth-order valence-corrected chi connectivity index (χ4v) is 2.49. The van der Waals surface area contributed by atoms with Gasteiger partial charge in [-0.3, -0.25) is 4.79 Å². The molecule has 0 spiro atoms. The number of carbonyl (C=O) groups excluding carboxylic acids is 2. The fourth-order valence-electron chi connectivity index (χ4n) is 2.32. The lowest BCUT2D eigenvalue weighted by Crippen LogP contribution is -2.48. The molecule has 0 aliphatic rings. The molecule has 0 heterocycles. The van der Waals surface area contributed by atoms with Crippen molar-refractivity contribution >= 4 is 34.9 Å². The maximum absolute atomic E-state index is 12.6. The molecule has 132 valence electrons.